The summed E-state index contributed by atoms with van der Waals surface area (Å²) in [5.41, 5.74) is 3.50. The molecule has 1 aromatic carbocycles. The van der Waals surface area contributed by atoms with Crippen LogP contribution in [0.3, 0.4) is 0 Å². The maximum absolute atomic E-state index is 12.8. The number of hydrogen-bond donors (Lipinski definition) is 2. The van der Waals surface area contributed by atoms with E-state index in [1.54, 1.807) is 24.5 Å². The fraction of sp³-hybridized carbons (Fsp3) is 0.200. The Morgan fingerprint density at radius 3 is 2.76 bits per heavy atom. The van der Waals surface area contributed by atoms with E-state index in [-0.39, 0.29) is 11.8 Å². The smallest absolute Gasteiger partial charge is 0.261 e. The van der Waals surface area contributed by atoms with Crippen molar-refractivity contribution >= 4 is 39.6 Å². The Bertz CT molecular complexity index is 1330. The van der Waals surface area contributed by atoms with E-state index in [9.17, 15) is 9.59 Å². The second kappa shape index (κ2) is 9.84. The molecule has 0 spiro atoms. The summed E-state index contributed by atoms with van der Waals surface area (Å²) < 4.78 is 0. The number of aromatic nitrogens is 2. The van der Waals surface area contributed by atoms with E-state index in [0.717, 1.165) is 41.2 Å². The van der Waals surface area contributed by atoms with Crippen LogP contribution in [0.2, 0.25) is 0 Å². The van der Waals surface area contributed by atoms with Crippen LogP contribution in [0.15, 0.2) is 60.9 Å². The summed E-state index contributed by atoms with van der Waals surface area (Å²) in [6, 6.07) is 14.9. The zero-order valence-electron chi connectivity index (χ0n) is 18.6. The summed E-state index contributed by atoms with van der Waals surface area (Å²) in [5, 5.41) is 6.50. The standard InChI is InChI=1S/C25H23N5O2S2/c1-30-12-9-19-22(15-30)34-25(28-19)29-23(31)18-4-2-3-16(13-18)14-27-24(32)21-6-5-20(33-21)17-7-10-26-11-8-17/h2-8,10-11,13H,9,12,14-15H2,1H3,(H,27,32)(H,28,29,31). The number of thiophene rings is 1. The van der Waals surface area contributed by atoms with Crippen LogP contribution in [0.5, 0.6) is 0 Å². The van der Waals surface area contributed by atoms with Crippen LogP contribution in [-0.2, 0) is 19.5 Å². The van der Waals surface area contributed by atoms with Gasteiger partial charge in [-0.1, -0.05) is 12.1 Å². The number of carbonyl (C=O) groups excluding carboxylic acids is 2. The molecule has 172 valence electrons. The van der Waals surface area contributed by atoms with Gasteiger partial charge >= 0.3 is 0 Å². The van der Waals surface area contributed by atoms with Crippen molar-refractivity contribution in [1.82, 2.24) is 20.2 Å². The number of carbonyl (C=O) groups is 2. The first-order chi connectivity index (χ1) is 16.5. The van der Waals surface area contributed by atoms with Gasteiger partial charge in [0.15, 0.2) is 5.13 Å². The summed E-state index contributed by atoms with van der Waals surface area (Å²) in [6.07, 6.45) is 4.38. The number of thiazole rings is 1. The molecule has 0 saturated carbocycles. The zero-order valence-corrected chi connectivity index (χ0v) is 20.2. The van der Waals surface area contributed by atoms with Crippen molar-refractivity contribution in [2.24, 2.45) is 0 Å². The molecule has 0 radical (unpaired) electrons. The molecule has 0 fully saturated rings. The molecule has 2 amide bonds. The molecule has 1 aliphatic rings. The number of amides is 2. The molecule has 2 N–H and O–H groups in total. The van der Waals surface area contributed by atoms with Crippen LogP contribution in [-0.4, -0.2) is 40.3 Å². The van der Waals surface area contributed by atoms with E-state index in [0.29, 0.717) is 22.1 Å². The van der Waals surface area contributed by atoms with Crippen LogP contribution < -0.4 is 10.6 Å². The Kier molecular flexibility index (Phi) is 6.48. The van der Waals surface area contributed by atoms with Crippen LogP contribution in [0.1, 0.15) is 36.2 Å². The topological polar surface area (TPSA) is 87.2 Å². The van der Waals surface area contributed by atoms with E-state index in [2.05, 4.69) is 32.5 Å². The third-order valence-electron chi connectivity index (χ3n) is 5.58. The lowest BCUT2D eigenvalue weighted by Gasteiger charge is -2.20. The molecule has 4 aromatic rings. The lowest BCUT2D eigenvalue weighted by Crippen LogP contribution is -2.25. The van der Waals surface area contributed by atoms with Crippen molar-refractivity contribution in [1.29, 1.82) is 0 Å². The summed E-state index contributed by atoms with van der Waals surface area (Å²) in [6.45, 7) is 2.18. The molecule has 0 atom stereocenters. The molecule has 34 heavy (non-hydrogen) atoms. The van der Waals surface area contributed by atoms with Gasteiger partial charge in [0, 0.05) is 53.8 Å². The third kappa shape index (κ3) is 5.06. The van der Waals surface area contributed by atoms with Gasteiger partial charge in [-0.15, -0.1) is 22.7 Å². The maximum atomic E-state index is 12.8. The molecule has 1 aliphatic heterocycles. The van der Waals surface area contributed by atoms with E-state index < -0.39 is 0 Å². The average Bonchev–Trinajstić information content (AvgIpc) is 3.50. The summed E-state index contributed by atoms with van der Waals surface area (Å²) in [5.74, 6) is -0.341. The fourth-order valence-electron chi connectivity index (χ4n) is 3.77. The highest BCUT2D eigenvalue weighted by Crippen LogP contribution is 2.29. The largest absolute Gasteiger partial charge is 0.347 e. The van der Waals surface area contributed by atoms with Gasteiger partial charge in [0.25, 0.3) is 11.8 Å². The summed E-state index contributed by atoms with van der Waals surface area (Å²) in [7, 11) is 2.09. The van der Waals surface area contributed by atoms with Crippen LogP contribution in [0.25, 0.3) is 10.4 Å². The number of rotatable bonds is 6. The molecular formula is C25H23N5O2S2. The number of fused-ring (bicyclic) bond motifs is 1. The van der Waals surface area contributed by atoms with Crippen molar-refractivity contribution < 1.29 is 9.59 Å². The van der Waals surface area contributed by atoms with Gasteiger partial charge in [-0.3, -0.25) is 19.9 Å². The number of anilines is 1. The first-order valence-electron chi connectivity index (χ1n) is 10.9. The Morgan fingerprint density at radius 2 is 1.91 bits per heavy atom. The highest BCUT2D eigenvalue weighted by Gasteiger charge is 2.19. The summed E-state index contributed by atoms with van der Waals surface area (Å²) >= 11 is 2.97. The second-order valence-electron chi connectivity index (χ2n) is 8.11. The highest BCUT2D eigenvalue weighted by atomic mass is 32.1. The lowest BCUT2D eigenvalue weighted by molar-refractivity contribution is 0.0954. The van der Waals surface area contributed by atoms with E-state index in [1.807, 2.05) is 36.4 Å². The number of nitrogens with one attached hydrogen (secondary N) is 2. The van der Waals surface area contributed by atoms with Crippen molar-refractivity contribution in [3.63, 3.8) is 0 Å². The first-order valence-corrected chi connectivity index (χ1v) is 12.5. The molecule has 5 rings (SSSR count). The molecule has 0 bridgehead atoms. The Hall–Kier alpha value is -3.40. The first kappa shape index (κ1) is 22.4. The van der Waals surface area contributed by atoms with Crippen LogP contribution in [0.4, 0.5) is 5.13 Å². The molecule has 3 aromatic heterocycles. The lowest BCUT2D eigenvalue weighted by atomic mass is 10.1. The van der Waals surface area contributed by atoms with Crippen molar-refractivity contribution in [2.45, 2.75) is 19.5 Å². The van der Waals surface area contributed by atoms with Gasteiger partial charge in [0.05, 0.1) is 10.6 Å². The van der Waals surface area contributed by atoms with Gasteiger partial charge in [0.2, 0.25) is 0 Å². The SMILES string of the molecule is CN1CCc2nc(NC(=O)c3cccc(CNC(=O)c4ccc(-c5ccncc5)s4)c3)sc2C1. The summed E-state index contributed by atoms with van der Waals surface area (Å²) in [4.78, 5) is 39.2. The number of likely N-dealkylation sites (N-methyl/N-ethyl adjacent to an activating group) is 1. The van der Waals surface area contributed by atoms with Gasteiger partial charge in [-0.2, -0.15) is 0 Å². The predicted molar refractivity (Wildman–Crippen MR) is 135 cm³/mol. The van der Waals surface area contributed by atoms with E-state index in [4.69, 9.17) is 0 Å². The van der Waals surface area contributed by atoms with Crippen molar-refractivity contribution in [2.75, 3.05) is 18.9 Å². The van der Waals surface area contributed by atoms with Gasteiger partial charge in [0.1, 0.15) is 0 Å². The van der Waals surface area contributed by atoms with Crippen molar-refractivity contribution in [3.8, 4) is 10.4 Å². The van der Waals surface area contributed by atoms with Crippen molar-refractivity contribution in [3.05, 3.63) is 87.5 Å². The Labute approximate surface area is 205 Å². The number of nitrogens with zero attached hydrogens (tertiary/aromatic N) is 3. The molecule has 4 heterocycles. The molecule has 0 unspecified atom stereocenters. The minimum atomic E-state index is -0.201. The molecule has 7 nitrogen and oxygen atoms in total. The van der Waals surface area contributed by atoms with Gasteiger partial charge in [-0.05, 0) is 54.6 Å². The van der Waals surface area contributed by atoms with E-state index >= 15 is 0 Å². The monoisotopic (exact) mass is 489 g/mol. The molecular weight excluding hydrogens is 466 g/mol. The molecule has 0 saturated heterocycles. The zero-order chi connectivity index (χ0) is 23.5. The van der Waals surface area contributed by atoms with Crippen LogP contribution in [0, 0.1) is 0 Å². The van der Waals surface area contributed by atoms with E-state index in [1.165, 1.54) is 27.6 Å². The maximum Gasteiger partial charge on any atom is 0.261 e. The normalized spacial score (nSPS) is 13.3. The number of hydrogen-bond acceptors (Lipinski definition) is 7. The highest BCUT2D eigenvalue weighted by molar-refractivity contribution is 7.17. The van der Waals surface area contributed by atoms with Gasteiger partial charge in [-0.25, -0.2) is 4.98 Å². The number of pyridine rings is 1. The molecule has 9 heteroatoms. The van der Waals surface area contributed by atoms with Crippen LogP contribution >= 0.6 is 22.7 Å². The van der Waals surface area contributed by atoms with Gasteiger partial charge < -0.3 is 10.2 Å². The average molecular weight is 490 g/mol. The number of benzene rings is 1. The Balaban J connectivity index is 1.20. The quantitative estimate of drug-likeness (QED) is 0.418. The third-order valence-corrected chi connectivity index (χ3v) is 7.71. The molecule has 0 aliphatic carbocycles. The minimum Gasteiger partial charge on any atom is -0.347 e. The fourth-order valence-corrected chi connectivity index (χ4v) is 5.78. The minimum absolute atomic E-state index is 0.140. The second-order valence-corrected chi connectivity index (χ2v) is 10.3. The predicted octanol–water partition coefficient (Wildman–Crippen LogP) is 4.44. The Morgan fingerprint density at radius 1 is 1.06 bits per heavy atom.